The van der Waals surface area contributed by atoms with Crippen molar-refractivity contribution in [1.29, 1.82) is 0 Å². The zero-order valence-electron chi connectivity index (χ0n) is 16.5. The zero-order valence-corrected chi connectivity index (χ0v) is 18.1. The molecule has 4 N–H and O–H groups in total. The first-order chi connectivity index (χ1) is 14.0. The van der Waals surface area contributed by atoms with Gasteiger partial charge in [0.05, 0.1) is 0 Å². The molecule has 1 heterocycles. The molecule has 3 rings (SSSR count). The number of hydrogen-bond acceptors (Lipinski definition) is 4. The molecule has 0 spiro atoms. The lowest BCUT2D eigenvalue weighted by Gasteiger charge is -2.13. The molecule has 9 heteroatoms. The molecule has 0 aliphatic heterocycles. The average molecular weight is 465 g/mol. The topological polar surface area (TPSA) is 97.1 Å². The van der Waals surface area contributed by atoms with E-state index in [0.717, 1.165) is 11.1 Å². The Bertz CT molecular complexity index is 971. The van der Waals surface area contributed by atoms with E-state index in [1.165, 1.54) is 12.1 Å². The van der Waals surface area contributed by atoms with Gasteiger partial charge in [-0.1, -0.05) is 24.3 Å². The van der Waals surface area contributed by atoms with Gasteiger partial charge in [-0.3, -0.25) is 14.6 Å². The number of halogens is 3. The fourth-order valence-corrected chi connectivity index (χ4v) is 2.71. The van der Waals surface area contributed by atoms with Crippen molar-refractivity contribution in [3.8, 4) is 0 Å². The van der Waals surface area contributed by atoms with Gasteiger partial charge < -0.3 is 16.4 Å². The highest BCUT2D eigenvalue weighted by Crippen LogP contribution is 2.16. The van der Waals surface area contributed by atoms with Crippen molar-refractivity contribution in [1.82, 2.24) is 10.3 Å². The number of anilines is 1. The van der Waals surface area contributed by atoms with Crippen molar-refractivity contribution >= 4 is 42.3 Å². The van der Waals surface area contributed by atoms with Crippen molar-refractivity contribution in [2.75, 3.05) is 5.32 Å². The quantitative estimate of drug-likeness (QED) is 0.491. The van der Waals surface area contributed by atoms with Crippen molar-refractivity contribution in [3.63, 3.8) is 0 Å². The second-order valence-electron chi connectivity index (χ2n) is 6.53. The first-order valence-electron chi connectivity index (χ1n) is 9.09. The standard InChI is InChI=1S/C22H21FN4O2.2ClH/c23-18-7-1-15(2-8-18)14-26-21(28)13-20(24)16-3-5-17(6-4-16)22(29)27-19-9-11-25-12-10-19;;/h1-12,20H,13-14,24H2,(H,26,28)(H,25,27,29);2*1H/t20-;;/m1../s1. The molecule has 0 radical (unpaired) electrons. The Kier molecular flexibility index (Phi) is 10.6. The minimum absolute atomic E-state index is 0. The van der Waals surface area contributed by atoms with E-state index in [4.69, 9.17) is 5.73 Å². The SMILES string of the molecule is Cl.Cl.N[C@H](CC(=O)NCc1ccc(F)cc1)c1ccc(C(=O)Nc2ccncc2)cc1. The van der Waals surface area contributed by atoms with Crippen LogP contribution in [0.2, 0.25) is 0 Å². The Morgan fingerprint density at radius 2 is 1.55 bits per heavy atom. The predicted molar refractivity (Wildman–Crippen MR) is 123 cm³/mol. The summed E-state index contributed by atoms with van der Waals surface area (Å²) in [4.78, 5) is 28.3. The third kappa shape index (κ3) is 7.97. The van der Waals surface area contributed by atoms with Gasteiger partial charge in [-0.2, -0.15) is 0 Å². The number of rotatable bonds is 7. The molecule has 0 aliphatic carbocycles. The highest BCUT2D eigenvalue weighted by Gasteiger charge is 2.13. The van der Waals surface area contributed by atoms with Gasteiger partial charge in [0.2, 0.25) is 5.91 Å². The molecular formula is C22H23Cl2FN4O2. The Hall–Kier alpha value is -3.00. The summed E-state index contributed by atoms with van der Waals surface area (Å²) >= 11 is 0. The first-order valence-corrected chi connectivity index (χ1v) is 9.09. The summed E-state index contributed by atoms with van der Waals surface area (Å²) in [5, 5.41) is 5.54. The first kappa shape index (κ1) is 26.0. The highest BCUT2D eigenvalue weighted by molar-refractivity contribution is 6.04. The van der Waals surface area contributed by atoms with E-state index in [1.54, 1.807) is 60.9 Å². The number of hydrogen-bond donors (Lipinski definition) is 3. The minimum atomic E-state index is -0.500. The molecule has 0 saturated carbocycles. The van der Waals surface area contributed by atoms with Crippen LogP contribution in [-0.4, -0.2) is 16.8 Å². The monoisotopic (exact) mass is 464 g/mol. The van der Waals surface area contributed by atoms with Gasteiger partial charge >= 0.3 is 0 Å². The van der Waals surface area contributed by atoms with Crippen LogP contribution in [0.15, 0.2) is 73.1 Å². The van der Waals surface area contributed by atoms with Crippen LogP contribution in [-0.2, 0) is 11.3 Å². The van der Waals surface area contributed by atoms with Crippen LogP contribution in [0.4, 0.5) is 10.1 Å². The van der Waals surface area contributed by atoms with Crippen molar-refractivity contribution in [2.45, 2.75) is 19.0 Å². The van der Waals surface area contributed by atoms with Gasteiger partial charge in [-0.05, 0) is 47.5 Å². The van der Waals surface area contributed by atoms with Gasteiger partial charge in [0.25, 0.3) is 5.91 Å². The Morgan fingerprint density at radius 3 is 2.16 bits per heavy atom. The number of nitrogens with two attached hydrogens (primary N) is 1. The van der Waals surface area contributed by atoms with Gasteiger partial charge in [0.15, 0.2) is 0 Å². The number of aromatic nitrogens is 1. The predicted octanol–water partition coefficient (Wildman–Crippen LogP) is 4.02. The molecular weight excluding hydrogens is 442 g/mol. The summed E-state index contributed by atoms with van der Waals surface area (Å²) in [7, 11) is 0. The smallest absolute Gasteiger partial charge is 0.255 e. The molecule has 6 nitrogen and oxygen atoms in total. The van der Waals surface area contributed by atoms with Gasteiger partial charge in [0, 0.05) is 42.7 Å². The second kappa shape index (κ2) is 12.6. The fourth-order valence-electron chi connectivity index (χ4n) is 2.71. The van der Waals surface area contributed by atoms with Crippen molar-refractivity contribution in [3.05, 3.63) is 95.6 Å². The molecule has 0 fully saturated rings. The summed E-state index contributed by atoms with van der Waals surface area (Å²) in [5.41, 5.74) is 8.81. The molecule has 0 saturated heterocycles. The van der Waals surface area contributed by atoms with E-state index in [9.17, 15) is 14.0 Å². The fraction of sp³-hybridized carbons (Fsp3) is 0.136. The summed E-state index contributed by atoms with van der Waals surface area (Å²) < 4.78 is 12.9. The van der Waals surface area contributed by atoms with Crippen molar-refractivity contribution < 1.29 is 14.0 Å². The number of amides is 2. The molecule has 31 heavy (non-hydrogen) atoms. The molecule has 1 aromatic heterocycles. The molecule has 0 bridgehead atoms. The van der Waals surface area contributed by atoms with E-state index >= 15 is 0 Å². The maximum atomic E-state index is 12.9. The maximum Gasteiger partial charge on any atom is 0.255 e. The zero-order chi connectivity index (χ0) is 20.6. The van der Waals surface area contributed by atoms with Crippen LogP contribution in [0, 0.1) is 5.82 Å². The third-order valence-corrected chi connectivity index (χ3v) is 4.35. The number of nitrogens with zero attached hydrogens (tertiary/aromatic N) is 1. The van der Waals surface area contributed by atoms with Crippen LogP contribution in [0.3, 0.4) is 0 Å². The van der Waals surface area contributed by atoms with Crippen molar-refractivity contribution in [2.24, 2.45) is 5.73 Å². The van der Waals surface area contributed by atoms with Gasteiger partial charge in [-0.15, -0.1) is 24.8 Å². The molecule has 3 aromatic rings. The Balaban J connectivity index is 0.00000240. The average Bonchev–Trinajstić information content (AvgIpc) is 2.74. The Labute approximate surface area is 192 Å². The van der Waals surface area contributed by atoms with E-state index in [0.29, 0.717) is 17.8 Å². The van der Waals surface area contributed by atoms with Crippen LogP contribution < -0.4 is 16.4 Å². The Morgan fingerprint density at radius 1 is 0.935 bits per heavy atom. The van der Waals surface area contributed by atoms with Gasteiger partial charge in [0.1, 0.15) is 5.82 Å². The third-order valence-electron chi connectivity index (χ3n) is 4.35. The van der Waals surface area contributed by atoms with E-state index in [1.807, 2.05) is 0 Å². The molecule has 2 amide bonds. The number of carbonyl (C=O) groups is 2. The number of nitrogens with one attached hydrogen (secondary N) is 2. The van der Waals surface area contributed by atoms with E-state index < -0.39 is 6.04 Å². The molecule has 0 unspecified atom stereocenters. The van der Waals surface area contributed by atoms with E-state index in [-0.39, 0.29) is 48.9 Å². The number of benzene rings is 2. The molecule has 0 aliphatic rings. The van der Waals surface area contributed by atoms with Crippen LogP contribution in [0.25, 0.3) is 0 Å². The number of carbonyl (C=O) groups excluding carboxylic acids is 2. The van der Waals surface area contributed by atoms with Gasteiger partial charge in [-0.25, -0.2) is 4.39 Å². The second-order valence-corrected chi connectivity index (χ2v) is 6.53. The lowest BCUT2D eigenvalue weighted by Crippen LogP contribution is -2.27. The highest BCUT2D eigenvalue weighted by atomic mass is 35.5. The number of pyridine rings is 1. The molecule has 164 valence electrons. The maximum absolute atomic E-state index is 12.9. The normalized spacial score (nSPS) is 10.8. The summed E-state index contributed by atoms with van der Waals surface area (Å²) in [6.07, 6.45) is 3.29. The van der Waals surface area contributed by atoms with Crippen LogP contribution in [0.5, 0.6) is 0 Å². The minimum Gasteiger partial charge on any atom is -0.352 e. The lowest BCUT2D eigenvalue weighted by molar-refractivity contribution is -0.121. The lowest BCUT2D eigenvalue weighted by atomic mass is 10.0. The molecule has 2 aromatic carbocycles. The largest absolute Gasteiger partial charge is 0.352 e. The summed E-state index contributed by atoms with van der Waals surface area (Å²) in [6.45, 7) is 0.306. The van der Waals surface area contributed by atoms with Crippen LogP contribution in [0.1, 0.15) is 33.9 Å². The summed E-state index contributed by atoms with van der Waals surface area (Å²) in [6, 6.07) is 15.6. The summed E-state index contributed by atoms with van der Waals surface area (Å²) in [5.74, 6) is -0.769. The van der Waals surface area contributed by atoms with E-state index in [2.05, 4.69) is 15.6 Å². The molecule has 1 atom stereocenters. The van der Waals surface area contributed by atoms with Crippen LogP contribution >= 0.6 is 24.8 Å².